The van der Waals surface area contributed by atoms with Gasteiger partial charge < -0.3 is 0 Å². The van der Waals surface area contributed by atoms with Gasteiger partial charge in [-0.05, 0) is 50.2 Å². The van der Waals surface area contributed by atoms with Crippen LogP contribution in [0.4, 0.5) is 0 Å². The second-order valence-electron chi connectivity index (χ2n) is 4.08. The highest BCUT2D eigenvalue weighted by atomic mass is 14.3. The van der Waals surface area contributed by atoms with E-state index in [1.54, 1.807) is 5.56 Å². The van der Waals surface area contributed by atoms with Crippen molar-refractivity contribution in [2.24, 2.45) is 5.92 Å². The number of hydrogen-bond acceptors (Lipinski definition) is 0. The highest BCUT2D eigenvalue weighted by Gasteiger charge is 2.21. The third-order valence-corrected chi connectivity index (χ3v) is 2.70. The minimum Gasteiger partial charge on any atom is -0.0590 e. The zero-order chi connectivity index (χ0) is 8.55. The van der Waals surface area contributed by atoms with Crippen molar-refractivity contribution >= 4 is 0 Å². The van der Waals surface area contributed by atoms with E-state index in [0.29, 0.717) is 0 Å². The minimum absolute atomic E-state index is 1.01. The molecule has 0 amide bonds. The van der Waals surface area contributed by atoms with Crippen LogP contribution in [0.2, 0.25) is 0 Å². The van der Waals surface area contributed by atoms with Gasteiger partial charge in [0.1, 0.15) is 0 Å². The molecule has 0 aromatic heterocycles. The van der Waals surface area contributed by atoms with Crippen LogP contribution in [0, 0.1) is 19.8 Å². The third kappa shape index (κ3) is 1.69. The van der Waals surface area contributed by atoms with Crippen molar-refractivity contribution in [3.8, 4) is 0 Å². The molecule has 0 heteroatoms. The molecule has 0 spiro atoms. The van der Waals surface area contributed by atoms with E-state index in [-0.39, 0.29) is 0 Å². The van der Waals surface area contributed by atoms with Gasteiger partial charge >= 0.3 is 0 Å². The van der Waals surface area contributed by atoms with Gasteiger partial charge in [-0.3, -0.25) is 0 Å². The van der Waals surface area contributed by atoms with Gasteiger partial charge in [-0.1, -0.05) is 23.8 Å². The normalized spacial score (nSPS) is 16.5. The molecule has 0 heterocycles. The Morgan fingerprint density at radius 3 is 2.58 bits per heavy atom. The Balaban J connectivity index is 2.18. The van der Waals surface area contributed by atoms with Crippen LogP contribution in [0.1, 0.15) is 29.5 Å². The third-order valence-electron chi connectivity index (χ3n) is 2.70. The van der Waals surface area contributed by atoms with Gasteiger partial charge in [0.15, 0.2) is 0 Å². The van der Waals surface area contributed by atoms with Crippen molar-refractivity contribution in [3.05, 3.63) is 34.9 Å². The molecule has 1 saturated carbocycles. The number of hydrogen-bond donors (Lipinski definition) is 0. The molecule has 0 saturated heterocycles. The number of rotatable bonds is 2. The van der Waals surface area contributed by atoms with E-state index in [1.807, 2.05) is 0 Å². The van der Waals surface area contributed by atoms with Gasteiger partial charge in [0.05, 0.1) is 0 Å². The summed E-state index contributed by atoms with van der Waals surface area (Å²) >= 11 is 0. The zero-order valence-electron chi connectivity index (χ0n) is 7.93. The fourth-order valence-electron chi connectivity index (χ4n) is 1.71. The van der Waals surface area contributed by atoms with Gasteiger partial charge in [0.2, 0.25) is 0 Å². The van der Waals surface area contributed by atoms with Crippen LogP contribution in [0.3, 0.4) is 0 Å². The lowest BCUT2D eigenvalue weighted by Crippen LogP contribution is -1.91. The molecule has 0 aliphatic heterocycles. The SMILES string of the molecule is Cc1ccc(CC2CC2)c(C)c1. The predicted molar refractivity (Wildman–Crippen MR) is 52.3 cm³/mol. The first-order valence-electron chi connectivity index (χ1n) is 4.82. The maximum Gasteiger partial charge on any atom is -0.0248 e. The molecule has 0 atom stereocenters. The second-order valence-corrected chi connectivity index (χ2v) is 4.08. The standard InChI is InChI=1S/C12H16/c1-9-3-6-12(10(2)7-9)8-11-4-5-11/h3,6-7,11H,4-5,8H2,1-2H3. The smallest absolute Gasteiger partial charge is 0.0248 e. The quantitative estimate of drug-likeness (QED) is 0.623. The number of benzene rings is 1. The van der Waals surface area contributed by atoms with Crippen molar-refractivity contribution in [3.63, 3.8) is 0 Å². The van der Waals surface area contributed by atoms with Crippen molar-refractivity contribution in [1.29, 1.82) is 0 Å². The molecule has 1 aliphatic carbocycles. The average molecular weight is 160 g/mol. The van der Waals surface area contributed by atoms with E-state index in [1.165, 1.54) is 30.4 Å². The van der Waals surface area contributed by atoms with E-state index in [2.05, 4.69) is 32.0 Å². The molecule has 0 unspecified atom stereocenters. The first-order valence-corrected chi connectivity index (χ1v) is 4.82. The van der Waals surface area contributed by atoms with Gasteiger partial charge in [0, 0.05) is 0 Å². The fraction of sp³-hybridized carbons (Fsp3) is 0.500. The maximum atomic E-state index is 2.29. The summed E-state index contributed by atoms with van der Waals surface area (Å²) in [5, 5.41) is 0. The summed E-state index contributed by atoms with van der Waals surface area (Å²) in [7, 11) is 0. The molecule has 0 N–H and O–H groups in total. The van der Waals surface area contributed by atoms with Gasteiger partial charge in [-0.25, -0.2) is 0 Å². The monoisotopic (exact) mass is 160 g/mol. The lowest BCUT2D eigenvalue weighted by molar-refractivity contribution is 0.826. The van der Waals surface area contributed by atoms with Crippen molar-refractivity contribution in [2.75, 3.05) is 0 Å². The minimum atomic E-state index is 1.01. The molecular formula is C12H16. The average Bonchev–Trinajstić information content (AvgIpc) is 2.79. The van der Waals surface area contributed by atoms with E-state index in [9.17, 15) is 0 Å². The van der Waals surface area contributed by atoms with Gasteiger partial charge in [0.25, 0.3) is 0 Å². The Kier molecular flexibility index (Phi) is 1.92. The maximum absolute atomic E-state index is 2.29. The first-order chi connectivity index (χ1) is 5.75. The summed E-state index contributed by atoms with van der Waals surface area (Å²) in [6.45, 7) is 4.39. The van der Waals surface area contributed by atoms with Crippen LogP contribution in [-0.4, -0.2) is 0 Å². The van der Waals surface area contributed by atoms with Crippen molar-refractivity contribution in [1.82, 2.24) is 0 Å². The summed E-state index contributed by atoms with van der Waals surface area (Å²) < 4.78 is 0. The van der Waals surface area contributed by atoms with Crippen LogP contribution in [0.15, 0.2) is 18.2 Å². The topological polar surface area (TPSA) is 0 Å². The molecule has 0 bridgehead atoms. The molecule has 1 aromatic rings. The summed E-state index contributed by atoms with van der Waals surface area (Å²) in [5.74, 6) is 1.01. The highest BCUT2D eigenvalue weighted by Crippen LogP contribution is 2.33. The molecule has 1 fully saturated rings. The molecule has 12 heavy (non-hydrogen) atoms. The fourth-order valence-corrected chi connectivity index (χ4v) is 1.71. The van der Waals surface area contributed by atoms with Gasteiger partial charge in [-0.15, -0.1) is 0 Å². The Morgan fingerprint density at radius 2 is 2.00 bits per heavy atom. The highest BCUT2D eigenvalue weighted by molar-refractivity contribution is 5.31. The van der Waals surface area contributed by atoms with Crippen LogP contribution < -0.4 is 0 Å². The lowest BCUT2D eigenvalue weighted by Gasteiger charge is -2.05. The Bertz CT molecular complexity index is 282. The molecular weight excluding hydrogens is 144 g/mol. The van der Waals surface area contributed by atoms with Crippen LogP contribution in [0.5, 0.6) is 0 Å². The van der Waals surface area contributed by atoms with Crippen LogP contribution in [-0.2, 0) is 6.42 Å². The van der Waals surface area contributed by atoms with Crippen molar-refractivity contribution < 1.29 is 0 Å². The molecule has 0 nitrogen and oxygen atoms in total. The van der Waals surface area contributed by atoms with E-state index in [0.717, 1.165) is 5.92 Å². The zero-order valence-corrected chi connectivity index (χ0v) is 7.93. The predicted octanol–water partition coefficient (Wildman–Crippen LogP) is 3.26. The summed E-state index contributed by atoms with van der Waals surface area (Å²) in [6, 6.07) is 6.81. The van der Waals surface area contributed by atoms with Crippen LogP contribution >= 0.6 is 0 Å². The van der Waals surface area contributed by atoms with E-state index >= 15 is 0 Å². The largest absolute Gasteiger partial charge is 0.0590 e. The Labute approximate surface area is 74.6 Å². The number of aryl methyl sites for hydroxylation is 2. The molecule has 1 aromatic carbocycles. The van der Waals surface area contributed by atoms with E-state index in [4.69, 9.17) is 0 Å². The molecule has 64 valence electrons. The summed E-state index contributed by atoms with van der Waals surface area (Å²) in [5.41, 5.74) is 4.41. The van der Waals surface area contributed by atoms with Crippen molar-refractivity contribution in [2.45, 2.75) is 33.1 Å². The first kappa shape index (κ1) is 7.85. The van der Waals surface area contributed by atoms with E-state index < -0.39 is 0 Å². The van der Waals surface area contributed by atoms with Crippen LogP contribution in [0.25, 0.3) is 0 Å². The molecule has 2 rings (SSSR count). The molecule has 1 aliphatic rings. The summed E-state index contributed by atoms with van der Waals surface area (Å²) in [4.78, 5) is 0. The molecule has 0 radical (unpaired) electrons. The summed E-state index contributed by atoms with van der Waals surface area (Å²) in [6.07, 6.45) is 4.22. The van der Waals surface area contributed by atoms with Gasteiger partial charge in [-0.2, -0.15) is 0 Å². The second kappa shape index (κ2) is 2.93. The Hall–Kier alpha value is -0.780. The lowest BCUT2D eigenvalue weighted by atomic mass is 10.0. The Morgan fingerprint density at radius 1 is 1.25 bits per heavy atom.